The van der Waals surface area contributed by atoms with E-state index in [2.05, 4.69) is 79.4 Å². The SMILES string of the molecule is C=C1CCC1.c1ccc(CCc2cccc3ccccc23)cc1. The first kappa shape index (κ1) is 15.6. The Balaban J connectivity index is 0.000000267. The van der Waals surface area contributed by atoms with E-state index in [0.717, 1.165) is 12.8 Å². The Morgan fingerprint density at radius 2 is 1.35 bits per heavy atom. The molecule has 1 aliphatic carbocycles. The maximum atomic E-state index is 3.76. The minimum atomic E-state index is 1.10. The maximum Gasteiger partial charge on any atom is -0.0152 e. The van der Waals surface area contributed by atoms with Crippen LogP contribution in [0.5, 0.6) is 0 Å². The fourth-order valence-corrected chi connectivity index (χ4v) is 2.86. The van der Waals surface area contributed by atoms with Crippen LogP contribution in [-0.4, -0.2) is 0 Å². The predicted octanol–water partition coefficient (Wildman–Crippen LogP) is 6.35. The van der Waals surface area contributed by atoms with Crippen LogP contribution in [-0.2, 0) is 12.8 Å². The second-order valence-corrected chi connectivity index (χ2v) is 6.23. The van der Waals surface area contributed by atoms with Gasteiger partial charge in [-0.3, -0.25) is 0 Å². The summed E-state index contributed by atoms with van der Waals surface area (Å²) >= 11 is 0. The van der Waals surface area contributed by atoms with E-state index in [-0.39, 0.29) is 0 Å². The third kappa shape index (κ3) is 4.32. The van der Waals surface area contributed by atoms with Crippen molar-refractivity contribution in [2.75, 3.05) is 0 Å². The normalized spacial score (nSPS) is 13.1. The first-order valence-electron chi connectivity index (χ1n) is 8.50. The smallest absolute Gasteiger partial charge is 0.0152 e. The quantitative estimate of drug-likeness (QED) is 0.494. The molecule has 0 spiro atoms. The van der Waals surface area contributed by atoms with Gasteiger partial charge in [0.1, 0.15) is 0 Å². The van der Waals surface area contributed by atoms with Gasteiger partial charge in [-0.25, -0.2) is 0 Å². The molecule has 1 aliphatic rings. The van der Waals surface area contributed by atoms with Gasteiger partial charge in [0.25, 0.3) is 0 Å². The van der Waals surface area contributed by atoms with Crippen LogP contribution < -0.4 is 0 Å². The number of benzene rings is 3. The summed E-state index contributed by atoms with van der Waals surface area (Å²) in [4.78, 5) is 0. The molecule has 0 radical (unpaired) electrons. The van der Waals surface area contributed by atoms with E-state index in [1.807, 2.05) is 0 Å². The van der Waals surface area contributed by atoms with E-state index in [1.54, 1.807) is 0 Å². The molecule has 0 N–H and O–H groups in total. The second-order valence-electron chi connectivity index (χ2n) is 6.23. The molecule has 0 unspecified atom stereocenters. The number of allylic oxidation sites excluding steroid dienone is 1. The van der Waals surface area contributed by atoms with Crippen molar-refractivity contribution in [3.05, 3.63) is 96.1 Å². The summed E-state index contributed by atoms with van der Waals surface area (Å²) in [7, 11) is 0. The van der Waals surface area contributed by atoms with E-state index < -0.39 is 0 Å². The van der Waals surface area contributed by atoms with Crippen LogP contribution >= 0.6 is 0 Å². The van der Waals surface area contributed by atoms with Gasteiger partial charge in [-0.05, 0) is 54.0 Å². The molecule has 1 fully saturated rings. The van der Waals surface area contributed by atoms with Crippen LogP contribution in [0.2, 0.25) is 0 Å². The van der Waals surface area contributed by atoms with Crippen molar-refractivity contribution in [3.63, 3.8) is 0 Å². The van der Waals surface area contributed by atoms with Crippen LogP contribution in [0, 0.1) is 0 Å². The molecule has 23 heavy (non-hydrogen) atoms. The van der Waals surface area contributed by atoms with Crippen LogP contribution in [0.4, 0.5) is 0 Å². The lowest BCUT2D eigenvalue weighted by molar-refractivity contribution is 0.667. The highest BCUT2D eigenvalue weighted by Gasteiger charge is 2.02. The minimum absolute atomic E-state index is 1.10. The van der Waals surface area contributed by atoms with E-state index >= 15 is 0 Å². The minimum Gasteiger partial charge on any atom is -0.0999 e. The lowest BCUT2D eigenvalue weighted by Crippen LogP contribution is -1.92. The zero-order valence-corrected chi connectivity index (χ0v) is 13.7. The van der Waals surface area contributed by atoms with E-state index in [4.69, 9.17) is 0 Å². The summed E-state index contributed by atoms with van der Waals surface area (Å²) in [6.45, 7) is 3.76. The van der Waals surface area contributed by atoms with Gasteiger partial charge in [0.15, 0.2) is 0 Å². The first-order valence-corrected chi connectivity index (χ1v) is 8.50. The third-order valence-corrected chi connectivity index (χ3v) is 4.47. The lowest BCUT2D eigenvalue weighted by Gasteiger charge is -2.11. The average Bonchev–Trinajstić information content (AvgIpc) is 2.59. The summed E-state index contributed by atoms with van der Waals surface area (Å²) in [5.41, 5.74) is 4.28. The summed E-state index contributed by atoms with van der Waals surface area (Å²) < 4.78 is 0. The van der Waals surface area contributed by atoms with E-state index in [9.17, 15) is 0 Å². The van der Waals surface area contributed by atoms with Gasteiger partial charge in [-0.1, -0.05) is 84.9 Å². The molecule has 0 atom stereocenters. The Morgan fingerprint density at radius 1 is 0.696 bits per heavy atom. The van der Waals surface area contributed by atoms with Crippen molar-refractivity contribution in [3.8, 4) is 0 Å². The molecular formula is C23H24. The zero-order chi connectivity index (χ0) is 15.9. The fourth-order valence-electron chi connectivity index (χ4n) is 2.86. The first-order chi connectivity index (χ1) is 11.3. The van der Waals surface area contributed by atoms with Gasteiger partial charge in [-0.2, -0.15) is 0 Å². The largest absolute Gasteiger partial charge is 0.0999 e. The molecule has 0 nitrogen and oxygen atoms in total. The van der Waals surface area contributed by atoms with Crippen LogP contribution in [0.25, 0.3) is 10.8 Å². The fraction of sp³-hybridized carbons (Fsp3) is 0.217. The summed E-state index contributed by atoms with van der Waals surface area (Å²) in [5.74, 6) is 0. The molecule has 0 amide bonds. The van der Waals surface area contributed by atoms with Gasteiger partial charge in [0.05, 0.1) is 0 Å². The molecule has 4 rings (SSSR count). The number of rotatable bonds is 3. The highest BCUT2D eigenvalue weighted by molar-refractivity contribution is 5.85. The second kappa shape index (κ2) is 7.78. The molecule has 0 heterocycles. The number of fused-ring (bicyclic) bond motifs is 1. The monoisotopic (exact) mass is 300 g/mol. The van der Waals surface area contributed by atoms with Crippen LogP contribution in [0.1, 0.15) is 30.4 Å². The van der Waals surface area contributed by atoms with Crippen LogP contribution in [0.15, 0.2) is 84.9 Å². The van der Waals surface area contributed by atoms with Crippen molar-refractivity contribution in [1.29, 1.82) is 0 Å². The van der Waals surface area contributed by atoms with Crippen molar-refractivity contribution in [2.24, 2.45) is 0 Å². The Morgan fingerprint density at radius 3 is 2.04 bits per heavy atom. The van der Waals surface area contributed by atoms with Crippen molar-refractivity contribution in [1.82, 2.24) is 0 Å². The number of hydrogen-bond acceptors (Lipinski definition) is 0. The standard InChI is InChI=1S/C18H16.C5H8/c1-2-7-15(8-3-1)13-14-17-11-6-10-16-9-4-5-12-18(16)17;1-5-3-2-4-5/h1-12H,13-14H2;1-4H2. The number of hydrogen-bond donors (Lipinski definition) is 0. The Kier molecular flexibility index (Phi) is 5.26. The molecule has 3 aromatic rings. The number of aryl methyl sites for hydroxylation is 2. The molecule has 0 heteroatoms. The Bertz CT molecular complexity index is 757. The Labute approximate surface area is 139 Å². The molecule has 3 aromatic carbocycles. The topological polar surface area (TPSA) is 0 Å². The van der Waals surface area contributed by atoms with Crippen molar-refractivity contribution >= 4 is 10.8 Å². The summed E-state index contributed by atoms with van der Waals surface area (Å²) in [6.07, 6.45) is 6.18. The molecular weight excluding hydrogens is 276 g/mol. The molecule has 0 aliphatic heterocycles. The van der Waals surface area contributed by atoms with Gasteiger partial charge >= 0.3 is 0 Å². The Hall–Kier alpha value is -2.34. The van der Waals surface area contributed by atoms with Crippen LogP contribution in [0.3, 0.4) is 0 Å². The van der Waals surface area contributed by atoms with Gasteiger partial charge in [0, 0.05) is 0 Å². The third-order valence-electron chi connectivity index (χ3n) is 4.47. The maximum absolute atomic E-state index is 3.76. The molecule has 0 aromatic heterocycles. The van der Waals surface area contributed by atoms with Gasteiger partial charge in [-0.15, -0.1) is 0 Å². The van der Waals surface area contributed by atoms with Crippen molar-refractivity contribution < 1.29 is 0 Å². The predicted molar refractivity (Wildman–Crippen MR) is 101 cm³/mol. The molecule has 116 valence electrons. The van der Waals surface area contributed by atoms with Gasteiger partial charge < -0.3 is 0 Å². The van der Waals surface area contributed by atoms with E-state index in [0.29, 0.717) is 0 Å². The highest BCUT2D eigenvalue weighted by Crippen LogP contribution is 2.22. The zero-order valence-electron chi connectivity index (χ0n) is 13.7. The van der Waals surface area contributed by atoms with Crippen molar-refractivity contribution in [2.45, 2.75) is 32.1 Å². The van der Waals surface area contributed by atoms with E-state index in [1.165, 1.54) is 46.7 Å². The summed E-state index contributed by atoms with van der Waals surface area (Å²) in [5, 5.41) is 2.72. The molecule has 1 saturated carbocycles. The lowest BCUT2D eigenvalue weighted by atomic mass is 9.95. The van der Waals surface area contributed by atoms with Gasteiger partial charge in [0.2, 0.25) is 0 Å². The highest BCUT2D eigenvalue weighted by atomic mass is 14.1. The average molecular weight is 300 g/mol. The summed E-state index contributed by atoms with van der Waals surface area (Å²) in [6, 6.07) is 25.9. The molecule has 0 saturated heterocycles. The molecule has 0 bridgehead atoms.